The first-order valence-electron chi connectivity index (χ1n) is 9.02. The summed E-state index contributed by atoms with van der Waals surface area (Å²) in [6.45, 7) is 0.428. The van der Waals surface area contributed by atoms with Gasteiger partial charge in [0.05, 0.1) is 36.0 Å². The van der Waals surface area contributed by atoms with E-state index in [9.17, 15) is 22.4 Å². The van der Waals surface area contributed by atoms with Crippen LogP contribution in [-0.2, 0) is 19.4 Å². The third kappa shape index (κ3) is 4.96. The molecule has 2 aliphatic heterocycles. The van der Waals surface area contributed by atoms with Gasteiger partial charge in [0.25, 0.3) is 0 Å². The van der Waals surface area contributed by atoms with E-state index in [4.69, 9.17) is 4.74 Å². The Morgan fingerprint density at radius 1 is 1.36 bits per heavy atom. The minimum Gasteiger partial charge on any atom is -0.442 e. The summed E-state index contributed by atoms with van der Waals surface area (Å²) >= 11 is 1.40. The van der Waals surface area contributed by atoms with Crippen LogP contribution in [0.3, 0.4) is 0 Å². The number of benzene rings is 1. The van der Waals surface area contributed by atoms with Crippen molar-refractivity contribution in [1.82, 2.24) is 5.32 Å². The van der Waals surface area contributed by atoms with Crippen molar-refractivity contribution in [2.75, 3.05) is 41.5 Å². The molecule has 28 heavy (non-hydrogen) atoms. The summed E-state index contributed by atoms with van der Waals surface area (Å²) in [5, 5.41) is 2.70. The fourth-order valence-corrected chi connectivity index (χ4v) is 5.32. The first kappa shape index (κ1) is 20.9. The summed E-state index contributed by atoms with van der Waals surface area (Å²) in [4.78, 5) is 25.0. The second-order valence-corrected chi connectivity index (χ2v) is 10.2. The maximum Gasteiger partial charge on any atom is 0.414 e. The average molecular weight is 431 g/mol. The van der Waals surface area contributed by atoms with Crippen molar-refractivity contribution in [2.45, 2.75) is 24.9 Å². The zero-order valence-electron chi connectivity index (χ0n) is 15.5. The summed E-state index contributed by atoms with van der Waals surface area (Å²) in [6.07, 6.45) is 1.55. The zero-order valence-corrected chi connectivity index (χ0v) is 17.2. The van der Waals surface area contributed by atoms with Gasteiger partial charge < -0.3 is 10.1 Å². The number of hydrogen-bond donors (Lipinski definition) is 1. The Kier molecular flexibility index (Phi) is 6.49. The number of carbonyl (C=O) groups excluding carboxylic acids is 2. The highest BCUT2D eigenvalue weighted by Crippen LogP contribution is 2.33. The molecule has 2 amide bonds. The van der Waals surface area contributed by atoms with Gasteiger partial charge in [-0.1, -0.05) is 6.07 Å². The van der Waals surface area contributed by atoms with Crippen LogP contribution in [0.15, 0.2) is 18.2 Å². The number of amides is 2. The summed E-state index contributed by atoms with van der Waals surface area (Å²) in [6, 6.07) is 4.56. The van der Waals surface area contributed by atoms with E-state index in [0.717, 1.165) is 0 Å². The Bertz CT molecular complexity index is 848. The van der Waals surface area contributed by atoms with E-state index in [2.05, 4.69) is 5.32 Å². The van der Waals surface area contributed by atoms with E-state index in [1.165, 1.54) is 22.7 Å². The lowest BCUT2D eigenvalue weighted by Gasteiger charge is -2.23. The lowest BCUT2D eigenvalue weighted by atomic mass is 9.93. The molecule has 0 radical (unpaired) electrons. The van der Waals surface area contributed by atoms with E-state index in [0.29, 0.717) is 29.8 Å². The molecule has 7 nitrogen and oxygen atoms in total. The van der Waals surface area contributed by atoms with Gasteiger partial charge in [0.1, 0.15) is 21.8 Å². The molecule has 1 N–H and O–H groups in total. The second-order valence-electron chi connectivity index (χ2n) is 6.99. The van der Waals surface area contributed by atoms with E-state index >= 15 is 0 Å². The molecule has 10 heteroatoms. The number of anilines is 1. The Hall–Kier alpha value is -1.81. The molecule has 1 aromatic carbocycles. The van der Waals surface area contributed by atoms with E-state index in [1.54, 1.807) is 12.1 Å². The van der Waals surface area contributed by atoms with Crippen molar-refractivity contribution in [3.8, 4) is 0 Å². The quantitative estimate of drug-likeness (QED) is 0.741. The summed E-state index contributed by atoms with van der Waals surface area (Å²) in [7, 11) is -3.01. The van der Waals surface area contributed by atoms with Crippen LogP contribution in [0.25, 0.3) is 0 Å². The highest BCUT2D eigenvalue weighted by molar-refractivity contribution is 7.99. The summed E-state index contributed by atoms with van der Waals surface area (Å²) in [5.74, 6) is -0.247. The van der Waals surface area contributed by atoms with Crippen LogP contribution in [0.5, 0.6) is 0 Å². The van der Waals surface area contributed by atoms with E-state index < -0.39 is 27.9 Å². The number of thioether (sulfide) groups is 1. The van der Waals surface area contributed by atoms with Crippen molar-refractivity contribution < 1.29 is 27.1 Å². The molecule has 1 aromatic rings. The zero-order chi connectivity index (χ0) is 20.3. The SMILES string of the molecule is CSCC(=O)NC[C@H]1CN(c2ccc(C3CCS(=O)(=O)CC3)c(F)c2)C(=O)O1. The van der Waals surface area contributed by atoms with Crippen LogP contribution in [0.1, 0.15) is 24.3 Å². The molecule has 2 saturated heterocycles. The second kappa shape index (κ2) is 8.69. The van der Waals surface area contributed by atoms with Crippen LogP contribution < -0.4 is 10.2 Å². The highest BCUT2D eigenvalue weighted by Gasteiger charge is 2.33. The average Bonchev–Trinajstić information content (AvgIpc) is 3.01. The third-order valence-electron chi connectivity index (χ3n) is 4.97. The maximum atomic E-state index is 14.7. The molecule has 2 heterocycles. The largest absolute Gasteiger partial charge is 0.442 e. The van der Waals surface area contributed by atoms with Crippen molar-refractivity contribution in [2.24, 2.45) is 0 Å². The number of nitrogens with zero attached hydrogens (tertiary/aromatic N) is 1. The van der Waals surface area contributed by atoms with Gasteiger partial charge in [-0.2, -0.15) is 11.8 Å². The van der Waals surface area contributed by atoms with Gasteiger partial charge in [-0.3, -0.25) is 9.69 Å². The summed E-state index contributed by atoms with van der Waals surface area (Å²) in [5.41, 5.74) is 0.861. The Labute approximate surface area is 167 Å². The van der Waals surface area contributed by atoms with Gasteiger partial charge >= 0.3 is 6.09 Å². The normalized spacial score (nSPS) is 22.1. The van der Waals surface area contributed by atoms with Crippen molar-refractivity contribution in [3.05, 3.63) is 29.6 Å². The molecule has 154 valence electrons. The molecule has 2 aliphatic rings. The number of cyclic esters (lactones) is 1. The van der Waals surface area contributed by atoms with Gasteiger partial charge in [0.2, 0.25) is 5.91 Å². The van der Waals surface area contributed by atoms with Crippen LogP contribution in [-0.4, -0.2) is 63.1 Å². The summed E-state index contributed by atoms with van der Waals surface area (Å²) < 4.78 is 43.0. The standard InChI is InChI=1S/C18H23FN2O5S2/c1-27-11-17(22)20-9-14-10-21(18(23)26-14)13-2-3-15(16(19)8-13)12-4-6-28(24,25)7-5-12/h2-3,8,12,14H,4-7,9-11H2,1H3,(H,20,22)/t14-/m0/s1. The van der Waals surface area contributed by atoms with E-state index in [1.807, 2.05) is 6.26 Å². The number of carbonyl (C=O) groups is 2. The molecular weight excluding hydrogens is 407 g/mol. The topological polar surface area (TPSA) is 92.8 Å². The van der Waals surface area contributed by atoms with Crippen LogP contribution in [0.4, 0.5) is 14.9 Å². The van der Waals surface area contributed by atoms with E-state index in [-0.39, 0.29) is 36.4 Å². The third-order valence-corrected chi connectivity index (χ3v) is 7.23. The van der Waals surface area contributed by atoms with Crippen LogP contribution >= 0.6 is 11.8 Å². The van der Waals surface area contributed by atoms with Gasteiger partial charge in [-0.15, -0.1) is 0 Å². The minimum atomic E-state index is -3.01. The molecule has 0 bridgehead atoms. The van der Waals surface area contributed by atoms with Crippen molar-refractivity contribution >= 4 is 39.3 Å². The lowest BCUT2D eigenvalue weighted by Crippen LogP contribution is -2.35. The minimum absolute atomic E-state index is 0.0707. The molecule has 3 rings (SSSR count). The molecule has 0 saturated carbocycles. The fraction of sp³-hybridized carbons (Fsp3) is 0.556. The molecule has 0 spiro atoms. The Morgan fingerprint density at radius 3 is 2.71 bits per heavy atom. The van der Waals surface area contributed by atoms with Crippen LogP contribution in [0.2, 0.25) is 0 Å². The predicted molar refractivity (Wildman–Crippen MR) is 106 cm³/mol. The smallest absolute Gasteiger partial charge is 0.414 e. The fourth-order valence-electron chi connectivity index (χ4n) is 3.46. The number of ether oxygens (including phenoxy) is 1. The van der Waals surface area contributed by atoms with Gasteiger partial charge in [-0.05, 0) is 42.7 Å². The van der Waals surface area contributed by atoms with Gasteiger partial charge in [0, 0.05) is 0 Å². The Morgan fingerprint density at radius 2 is 2.07 bits per heavy atom. The first-order chi connectivity index (χ1) is 13.3. The molecule has 2 fully saturated rings. The highest BCUT2D eigenvalue weighted by atomic mass is 32.2. The predicted octanol–water partition coefficient (Wildman–Crippen LogP) is 1.92. The Balaban J connectivity index is 1.63. The monoisotopic (exact) mass is 430 g/mol. The molecule has 0 aliphatic carbocycles. The van der Waals surface area contributed by atoms with Gasteiger partial charge in [-0.25, -0.2) is 17.6 Å². The molecule has 0 unspecified atom stereocenters. The number of halogens is 1. The first-order valence-corrected chi connectivity index (χ1v) is 12.2. The van der Waals surface area contributed by atoms with Crippen molar-refractivity contribution in [3.63, 3.8) is 0 Å². The molecule has 1 atom stereocenters. The number of hydrogen-bond acceptors (Lipinski definition) is 6. The van der Waals surface area contributed by atoms with Crippen LogP contribution in [0, 0.1) is 5.82 Å². The molecule has 0 aromatic heterocycles. The molecular formula is C18H23FN2O5S2. The number of sulfone groups is 1. The number of nitrogens with one attached hydrogen (secondary N) is 1. The maximum absolute atomic E-state index is 14.7. The van der Waals surface area contributed by atoms with Crippen molar-refractivity contribution in [1.29, 1.82) is 0 Å². The lowest BCUT2D eigenvalue weighted by molar-refractivity contribution is -0.118. The van der Waals surface area contributed by atoms with Gasteiger partial charge in [0.15, 0.2) is 0 Å². The number of rotatable bonds is 6.